The van der Waals surface area contributed by atoms with E-state index in [2.05, 4.69) is 15.3 Å². The van der Waals surface area contributed by atoms with Crippen LogP contribution in [0.1, 0.15) is 32.2 Å². The fourth-order valence-electron chi connectivity index (χ4n) is 2.79. The topological polar surface area (TPSA) is 125 Å². The summed E-state index contributed by atoms with van der Waals surface area (Å²) in [5.74, 6) is 0.877. The number of nitrogens with zero attached hydrogens (tertiary/aromatic N) is 3. The molecule has 0 saturated carbocycles. The minimum absolute atomic E-state index is 0.0468. The first-order valence-electron chi connectivity index (χ1n) is 9.39. The van der Waals surface area contributed by atoms with Crippen LogP contribution in [-0.4, -0.2) is 26.2 Å². The third-order valence-electron chi connectivity index (χ3n) is 4.16. The van der Waals surface area contributed by atoms with E-state index in [1.165, 1.54) is 10.6 Å². The molecule has 0 spiro atoms. The average Bonchev–Trinajstić information content (AvgIpc) is 3.07. The average molecular weight is 411 g/mol. The van der Waals surface area contributed by atoms with Gasteiger partial charge in [-0.3, -0.25) is 4.79 Å². The SMILES string of the molecule is Cc1cc(-c2nc(CNC(=O)OC(C)(C)C)c(N)nc2-c2ccc(=O)n(C)c2)co1. The number of nitrogens with two attached hydrogens (primary N) is 1. The molecule has 9 heteroatoms. The number of carbonyl (C=O) groups is 1. The van der Waals surface area contributed by atoms with E-state index in [1.54, 1.807) is 46.3 Å². The Hall–Kier alpha value is -3.62. The molecular formula is C21H25N5O4. The molecule has 3 aromatic rings. The highest BCUT2D eigenvalue weighted by Crippen LogP contribution is 2.31. The number of aromatic nitrogens is 3. The molecule has 0 fully saturated rings. The quantitative estimate of drug-likeness (QED) is 0.676. The molecule has 0 saturated heterocycles. The normalized spacial score (nSPS) is 11.4. The van der Waals surface area contributed by atoms with Crippen LogP contribution in [0.4, 0.5) is 10.6 Å². The van der Waals surface area contributed by atoms with Gasteiger partial charge in [0.15, 0.2) is 0 Å². The van der Waals surface area contributed by atoms with Crippen LogP contribution in [0, 0.1) is 6.92 Å². The minimum Gasteiger partial charge on any atom is -0.469 e. The van der Waals surface area contributed by atoms with Crippen molar-refractivity contribution in [3.63, 3.8) is 0 Å². The summed E-state index contributed by atoms with van der Waals surface area (Å²) in [6.07, 6.45) is 2.67. The molecule has 1 amide bonds. The minimum atomic E-state index is -0.617. The van der Waals surface area contributed by atoms with E-state index >= 15 is 0 Å². The van der Waals surface area contributed by atoms with Gasteiger partial charge in [-0.2, -0.15) is 0 Å². The number of rotatable bonds is 4. The lowest BCUT2D eigenvalue weighted by atomic mass is 10.1. The summed E-state index contributed by atoms with van der Waals surface area (Å²) >= 11 is 0. The fraction of sp³-hybridized carbons (Fsp3) is 0.333. The van der Waals surface area contributed by atoms with Crippen molar-refractivity contribution in [3.05, 3.63) is 52.5 Å². The number of carbonyl (C=O) groups excluding carboxylic acids is 1. The fourth-order valence-corrected chi connectivity index (χ4v) is 2.79. The number of hydrogen-bond donors (Lipinski definition) is 2. The monoisotopic (exact) mass is 411 g/mol. The lowest BCUT2D eigenvalue weighted by molar-refractivity contribution is 0.0523. The largest absolute Gasteiger partial charge is 0.469 e. The molecule has 0 atom stereocenters. The van der Waals surface area contributed by atoms with Gasteiger partial charge in [0.05, 0.1) is 6.54 Å². The summed E-state index contributed by atoms with van der Waals surface area (Å²) in [6.45, 7) is 7.21. The zero-order chi connectivity index (χ0) is 22.1. The number of anilines is 1. The van der Waals surface area contributed by atoms with Gasteiger partial charge in [0.25, 0.3) is 0 Å². The van der Waals surface area contributed by atoms with Gasteiger partial charge in [-0.15, -0.1) is 0 Å². The van der Waals surface area contributed by atoms with Crippen LogP contribution in [-0.2, 0) is 18.3 Å². The first-order chi connectivity index (χ1) is 14.0. The summed E-state index contributed by atoms with van der Waals surface area (Å²) < 4.78 is 12.1. The number of amides is 1. The summed E-state index contributed by atoms with van der Waals surface area (Å²) in [5.41, 5.74) is 8.19. The van der Waals surface area contributed by atoms with Crippen LogP contribution < -0.4 is 16.6 Å². The van der Waals surface area contributed by atoms with Gasteiger partial charge in [-0.05, 0) is 39.8 Å². The molecule has 0 aliphatic heterocycles. The van der Waals surface area contributed by atoms with Gasteiger partial charge < -0.3 is 24.8 Å². The Kier molecular flexibility index (Phi) is 5.64. The maximum absolute atomic E-state index is 12.0. The predicted molar refractivity (Wildman–Crippen MR) is 113 cm³/mol. The number of furan rings is 1. The molecule has 3 heterocycles. The number of aryl methyl sites for hydroxylation is 2. The Labute approximate surface area is 173 Å². The lowest BCUT2D eigenvalue weighted by Gasteiger charge is -2.20. The van der Waals surface area contributed by atoms with Gasteiger partial charge in [0, 0.05) is 30.4 Å². The molecule has 0 aliphatic rings. The molecular weight excluding hydrogens is 386 g/mol. The highest BCUT2D eigenvalue weighted by Gasteiger charge is 2.20. The van der Waals surface area contributed by atoms with Crippen LogP contribution in [0.25, 0.3) is 22.5 Å². The number of alkyl carbamates (subject to hydrolysis) is 1. The summed E-state index contributed by atoms with van der Waals surface area (Å²) in [6, 6.07) is 4.95. The van der Waals surface area contributed by atoms with Crippen molar-refractivity contribution in [1.82, 2.24) is 19.9 Å². The number of nitrogens with one attached hydrogen (secondary N) is 1. The van der Waals surface area contributed by atoms with E-state index in [9.17, 15) is 9.59 Å². The van der Waals surface area contributed by atoms with E-state index in [0.29, 0.717) is 34.0 Å². The second-order valence-corrected chi connectivity index (χ2v) is 7.92. The smallest absolute Gasteiger partial charge is 0.407 e. The second-order valence-electron chi connectivity index (χ2n) is 7.92. The van der Waals surface area contributed by atoms with Crippen molar-refractivity contribution in [1.29, 1.82) is 0 Å². The number of pyridine rings is 1. The van der Waals surface area contributed by atoms with Gasteiger partial charge in [-0.1, -0.05) is 0 Å². The Morgan fingerprint density at radius 3 is 2.53 bits per heavy atom. The number of ether oxygens (including phenoxy) is 1. The van der Waals surface area contributed by atoms with Crippen molar-refractivity contribution >= 4 is 11.9 Å². The molecule has 3 rings (SSSR count). The first kappa shape index (κ1) is 21.1. The third-order valence-corrected chi connectivity index (χ3v) is 4.16. The van der Waals surface area contributed by atoms with Crippen molar-refractivity contribution in [3.8, 4) is 22.5 Å². The Balaban J connectivity index is 2.02. The maximum Gasteiger partial charge on any atom is 0.407 e. The van der Waals surface area contributed by atoms with E-state index < -0.39 is 11.7 Å². The number of hydrogen-bond acceptors (Lipinski definition) is 7. The maximum atomic E-state index is 12.0. The van der Waals surface area contributed by atoms with Crippen LogP contribution in [0.5, 0.6) is 0 Å². The molecule has 3 N–H and O–H groups in total. The molecule has 9 nitrogen and oxygen atoms in total. The first-order valence-corrected chi connectivity index (χ1v) is 9.39. The van der Waals surface area contributed by atoms with Gasteiger partial charge in [0.1, 0.15) is 40.5 Å². The Morgan fingerprint density at radius 1 is 1.23 bits per heavy atom. The van der Waals surface area contributed by atoms with Crippen molar-refractivity contribution in [2.45, 2.75) is 39.8 Å². The van der Waals surface area contributed by atoms with Crippen LogP contribution in [0.3, 0.4) is 0 Å². The van der Waals surface area contributed by atoms with Gasteiger partial charge in [-0.25, -0.2) is 14.8 Å². The molecule has 0 unspecified atom stereocenters. The molecule has 30 heavy (non-hydrogen) atoms. The zero-order valence-electron chi connectivity index (χ0n) is 17.6. The van der Waals surface area contributed by atoms with E-state index in [0.717, 1.165) is 0 Å². The predicted octanol–water partition coefficient (Wildman–Crippen LogP) is 3.02. The van der Waals surface area contributed by atoms with Crippen LogP contribution in [0.15, 0.2) is 39.9 Å². The van der Waals surface area contributed by atoms with Crippen LogP contribution in [0.2, 0.25) is 0 Å². The molecule has 3 aromatic heterocycles. The second kappa shape index (κ2) is 8.02. The Bertz CT molecular complexity index is 1140. The van der Waals surface area contributed by atoms with E-state index in [1.807, 2.05) is 13.0 Å². The highest BCUT2D eigenvalue weighted by atomic mass is 16.6. The number of nitrogen functional groups attached to an aromatic ring is 1. The zero-order valence-corrected chi connectivity index (χ0v) is 17.6. The van der Waals surface area contributed by atoms with Gasteiger partial charge in [0.2, 0.25) is 5.56 Å². The van der Waals surface area contributed by atoms with E-state index in [-0.39, 0.29) is 17.9 Å². The van der Waals surface area contributed by atoms with Gasteiger partial charge >= 0.3 is 6.09 Å². The highest BCUT2D eigenvalue weighted by molar-refractivity contribution is 5.78. The van der Waals surface area contributed by atoms with E-state index in [4.69, 9.17) is 14.9 Å². The van der Waals surface area contributed by atoms with Crippen LogP contribution >= 0.6 is 0 Å². The summed E-state index contributed by atoms with van der Waals surface area (Å²) in [7, 11) is 1.66. The molecule has 0 aromatic carbocycles. The third kappa shape index (κ3) is 4.86. The molecule has 158 valence electrons. The summed E-state index contributed by atoms with van der Waals surface area (Å²) in [5, 5.41) is 2.64. The van der Waals surface area contributed by atoms with Crippen molar-refractivity contribution in [2.75, 3.05) is 5.73 Å². The molecule has 0 radical (unpaired) electrons. The summed E-state index contributed by atoms with van der Waals surface area (Å²) in [4.78, 5) is 32.9. The lowest BCUT2D eigenvalue weighted by Crippen LogP contribution is -2.32. The van der Waals surface area contributed by atoms with Crippen molar-refractivity contribution < 1.29 is 13.9 Å². The molecule has 0 bridgehead atoms. The molecule has 0 aliphatic carbocycles. The standard InChI is InChI=1S/C21H25N5O4/c1-12-8-14(11-29-12)18-17(13-6-7-16(27)26(5)10-13)25-19(22)15(24-18)9-23-20(28)30-21(2,3)4/h6-8,10-11H,9H2,1-5H3,(H2,22,25)(H,23,28). The van der Waals surface area contributed by atoms with Crippen molar-refractivity contribution in [2.24, 2.45) is 7.05 Å². The Morgan fingerprint density at radius 2 is 1.93 bits per heavy atom.